The topological polar surface area (TPSA) is 112 Å². The molecule has 0 radical (unpaired) electrons. The van der Waals surface area contributed by atoms with Crippen LogP contribution in [-0.4, -0.2) is 62.6 Å². The molecule has 36 heavy (non-hydrogen) atoms. The number of rotatable bonds is 6. The number of nitrogens with one attached hydrogen (secondary N) is 1. The summed E-state index contributed by atoms with van der Waals surface area (Å²) in [6.07, 6.45) is 4.54. The van der Waals surface area contributed by atoms with E-state index in [4.69, 9.17) is 0 Å². The van der Waals surface area contributed by atoms with E-state index in [1.54, 1.807) is 24.7 Å². The summed E-state index contributed by atoms with van der Waals surface area (Å²) in [5.74, 6) is 0.511. The molecular weight excluding hydrogens is 456 g/mol. The molecule has 1 aliphatic heterocycles. The second-order valence-electron chi connectivity index (χ2n) is 9.55. The molecule has 1 aliphatic rings. The van der Waals surface area contributed by atoms with Crippen LogP contribution >= 0.6 is 0 Å². The van der Waals surface area contributed by atoms with Crippen LogP contribution in [0.3, 0.4) is 0 Å². The molecule has 4 rings (SSSR count). The molecule has 0 saturated carbocycles. The Hall–Kier alpha value is -4.01. The number of nitrogens with zero attached hydrogens (tertiary/aromatic N) is 5. The maximum absolute atomic E-state index is 12.6. The summed E-state index contributed by atoms with van der Waals surface area (Å²) in [6, 6.07) is 9.51. The van der Waals surface area contributed by atoms with Crippen LogP contribution in [0.4, 0.5) is 16.3 Å². The lowest BCUT2D eigenvalue weighted by molar-refractivity contribution is -0.115. The van der Waals surface area contributed by atoms with Crippen molar-refractivity contribution in [3.8, 4) is 11.3 Å². The molecule has 188 valence electrons. The molecule has 0 aromatic carbocycles. The number of hydrogen-bond donors (Lipinski definition) is 2. The predicted molar refractivity (Wildman–Crippen MR) is 139 cm³/mol. The molecule has 1 saturated heterocycles. The maximum Gasteiger partial charge on any atom is 0.407 e. The summed E-state index contributed by atoms with van der Waals surface area (Å²) in [5, 5.41) is 12.3. The van der Waals surface area contributed by atoms with Crippen molar-refractivity contribution in [2.75, 3.05) is 29.9 Å². The van der Waals surface area contributed by atoms with Crippen LogP contribution in [0.2, 0.25) is 0 Å². The van der Waals surface area contributed by atoms with Gasteiger partial charge in [0, 0.05) is 43.3 Å². The number of hydrogen-bond acceptors (Lipinski definition) is 6. The summed E-state index contributed by atoms with van der Waals surface area (Å²) >= 11 is 0. The smallest absolute Gasteiger partial charge is 0.407 e. The average molecular weight is 489 g/mol. The summed E-state index contributed by atoms with van der Waals surface area (Å²) in [4.78, 5) is 41.1. The molecule has 2 N–H and O–H groups in total. The second kappa shape index (κ2) is 10.7. The van der Waals surface area contributed by atoms with Crippen molar-refractivity contribution in [2.45, 2.75) is 40.2 Å². The first-order valence-corrected chi connectivity index (χ1v) is 12.1. The number of carbonyl (C=O) groups excluding carboxylic acids is 1. The van der Waals surface area contributed by atoms with Gasteiger partial charge in [-0.25, -0.2) is 9.78 Å². The maximum atomic E-state index is 12.6. The zero-order chi connectivity index (χ0) is 25.8. The van der Waals surface area contributed by atoms with Crippen LogP contribution in [0, 0.1) is 19.8 Å². The molecule has 3 aromatic rings. The predicted octanol–water partition coefficient (Wildman–Crippen LogP) is 4.16. The van der Waals surface area contributed by atoms with Gasteiger partial charge in [-0.15, -0.1) is 0 Å². The molecule has 0 aliphatic carbocycles. The van der Waals surface area contributed by atoms with E-state index in [0.717, 1.165) is 33.8 Å². The zero-order valence-corrected chi connectivity index (χ0v) is 21.1. The van der Waals surface area contributed by atoms with E-state index >= 15 is 0 Å². The van der Waals surface area contributed by atoms with Crippen LogP contribution in [0.1, 0.15) is 30.7 Å². The monoisotopic (exact) mass is 488 g/mol. The second-order valence-corrected chi connectivity index (χ2v) is 9.55. The lowest BCUT2D eigenvalue weighted by Gasteiger charge is -2.42. The van der Waals surface area contributed by atoms with Gasteiger partial charge in [0.25, 0.3) is 0 Å². The van der Waals surface area contributed by atoms with Crippen molar-refractivity contribution in [1.82, 2.24) is 19.9 Å². The largest absolute Gasteiger partial charge is 0.465 e. The number of carboxylic acid groups (broad SMARTS) is 1. The fraction of sp³-hybridized carbons (Fsp3) is 0.370. The number of amides is 2. The zero-order valence-electron chi connectivity index (χ0n) is 21.1. The van der Waals surface area contributed by atoms with Crippen LogP contribution in [0.5, 0.6) is 0 Å². The Bertz CT molecular complexity index is 1240. The Kier molecular flexibility index (Phi) is 7.47. The summed E-state index contributed by atoms with van der Waals surface area (Å²) in [6.45, 7) is 9.66. The van der Waals surface area contributed by atoms with E-state index < -0.39 is 6.09 Å². The Morgan fingerprint density at radius 2 is 1.89 bits per heavy atom. The first kappa shape index (κ1) is 25.1. The van der Waals surface area contributed by atoms with Crippen molar-refractivity contribution < 1.29 is 14.7 Å². The minimum atomic E-state index is -0.878. The molecule has 2 amide bonds. The fourth-order valence-corrected chi connectivity index (χ4v) is 4.60. The Balaban J connectivity index is 1.37. The van der Waals surface area contributed by atoms with E-state index in [1.807, 2.05) is 52.0 Å². The highest BCUT2D eigenvalue weighted by Gasteiger charge is 2.32. The highest BCUT2D eigenvalue weighted by Crippen LogP contribution is 2.24. The summed E-state index contributed by atoms with van der Waals surface area (Å²) in [7, 11) is 0. The lowest BCUT2D eigenvalue weighted by Crippen LogP contribution is -2.57. The summed E-state index contributed by atoms with van der Waals surface area (Å²) < 4.78 is 0. The molecule has 0 spiro atoms. The fourth-order valence-electron chi connectivity index (χ4n) is 4.60. The Morgan fingerprint density at radius 3 is 2.53 bits per heavy atom. The van der Waals surface area contributed by atoms with E-state index in [-0.39, 0.29) is 24.3 Å². The third-order valence-corrected chi connectivity index (χ3v) is 6.48. The standard InChI is InChI=1S/C27H32N6O3/c1-17(2)23-16-32(9-10-33(23)27(35)36)22-5-6-24(29-15-22)31-25(34)13-20-11-18(3)26(30-14-20)21-7-8-28-19(4)12-21/h5-8,11-12,14-15,17,23H,9-10,13,16H2,1-4H3,(H,35,36)(H,29,31,34). The van der Waals surface area contributed by atoms with Gasteiger partial charge in [-0.3, -0.25) is 14.8 Å². The number of piperazine rings is 1. The van der Waals surface area contributed by atoms with Gasteiger partial charge in [-0.1, -0.05) is 19.9 Å². The lowest BCUT2D eigenvalue weighted by atomic mass is 10.00. The number of carbonyl (C=O) groups is 2. The number of anilines is 2. The van der Waals surface area contributed by atoms with Crippen molar-refractivity contribution in [1.29, 1.82) is 0 Å². The third-order valence-electron chi connectivity index (χ3n) is 6.48. The van der Waals surface area contributed by atoms with Crippen LogP contribution in [0.15, 0.2) is 48.9 Å². The Labute approximate surface area is 211 Å². The van der Waals surface area contributed by atoms with Gasteiger partial charge in [0.1, 0.15) is 5.82 Å². The van der Waals surface area contributed by atoms with Crippen molar-refractivity contribution in [3.05, 3.63) is 65.7 Å². The van der Waals surface area contributed by atoms with E-state index in [9.17, 15) is 14.7 Å². The molecule has 0 bridgehead atoms. The van der Waals surface area contributed by atoms with Gasteiger partial charge in [-0.2, -0.15) is 0 Å². The number of pyridine rings is 3. The number of aromatic nitrogens is 3. The van der Waals surface area contributed by atoms with Crippen LogP contribution in [0.25, 0.3) is 11.3 Å². The van der Waals surface area contributed by atoms with Gasteiger partial charge in [0.2, 0.25) is 5.91 Å². The molecule has 9 nitrogen and oxygen atoms in total. The summed E-state index contributed by atoms with van der Waals surface area (Å²) in [5.41, 5.74) is 5.54. The molecule has 1 atom stereocenters. The minimum absolute atomic E-state index is 0.0818. The molecule has 9 heteroatoms. The van der Waals surface area contributed by atoms with Crippen molar-refractivity contribution in [3.63, 3.8) is 0 Å². The van der Waals surface area contributed by atoms with Gasteiger partial charge >= 0.3 is 6.09 Å². The van der Waals surface area contributed by atoms with E-state index in [2.05, 4.69) is 25.2 Å². The van der Waals surface area contributed by atoms with Gasteiger partial charge < -0.3 is 20.2 Å². The Morgan fingerprint density at radius 1 is 1.08 bits per heavy atom. The highest BCUT2D eigenvalue weighted by atomic mass is 16.4. The van der Waals surface area contributed by atoms with Gasteiger partial charge in [-0.05, 0) is 55.2 Å². The highest BCUT2D eigenvalue weighted by molar-refractivity contribution is 5.91. The molecule has 1 fully saturated rings. The van der Waals surface area contributed by atoms with Crippen molar-refractivity contribution >= 4 is 23.5 Å². The third kappa shape index (κ3) is 5.79. The number of aryl methyl sites for hydroxylation is 2. The SMILES string of the molecule is Cc1cc(-c2ncc(CC(=O)Nc3ccc(N4CCN(C(=O)O)C(C(C)C)C4)cn3)cc2C)ccn1. The molecule has 4 heterocycles. The van der Waals surface area contributed by atoms with E-state index in [0.29, 0.717) is 25.5 Å². The van der Waals surface area contributed by atoms with E-state index in [1.165, 1.54) is 4.90 Å². The molecule has 3 aromatic heterocycles. The first-order valence-electron chi connectivity index (χ1n) is 12.1. The first-order chi connectivity index (χ1) is 17.2. The van der Waals surface area contributed by atoms with Crippen molar-refractivity contribution in [2.24, 2.45) is 5.92 Å². The molecular formula is C27H32N6O3. The van der Waals surface area contributed by atoms with Crippen LogP contribution in [-0.2, 0) is 11.2 Å². The minimum Gasteiger partial charge on any atom is -0.465 e. The van der Waals surface area contributed by atoms with Gasteiger partial charge in [0.05, 0.1) is 30.0 Å². The van der Waals surface area contributed by atoms with Crippen LogP contribution < -0.4 is 10.2 Å². The van der Waals surface area contributed by atoms with Gasteiger partial charge in [0.15, 0.2) is 0 Å². The quantitative estimate of drug-likeness (QED) is 0.536. The normalized spacial score (nSPS) is 15.8. The molecule has 1 unspecified atom stereocenters. The average Bonchev–Trinajstić information content (AvgIpc) is 2.84.